The van der Waals surface area contributed by atoms with Crippen molar-refractivity contribution in [3.63, 3.8) is 0 Å². The van der Waals surface area contributed by atoms with E-state index in [1.54, 1.807) is 6.07 Å². The van der Waals surface area contributed by atoms with Crippen molar-refractivity contribution < 1.29 is 18.6 Å². The topological polar surface area (TPSA) is 73.8 Å². The van der Waals surface area contributed by atoms with Gasteiger partial charge in [-0.15, -0.1) is 6.42 Å². The summed E-state index contributed by atoms with van der Waals surface area (Å²) in [6.07, 6.45) is 18.1. The number of nitrogens with zero attached hydrogens (tertiary/aromatic N) is 4. The van der Waals surface area contributed by atoms with Gasteiger partial charge in [-0.1, -0.05) is 38.7 Å². The molecular weight excluding hydrogens is 644 g/mol. The molecule has 7 nitrogen and oxygen atoms in total. The van der Waals surface area contributed by atoms with Crippen LogP contribution in [0.2, 0.25) is 0 Å². The molecule has 5 fully saturated rings. The summed E-state index contributed by atoms with van der Waals surface area (Å²) >= 11 is 0. The van der Waals surface area contributed by atoms with Crippen LogP contribution in [0.4, 0.5) is 14.6 Å². The Morgan fingerprint density at radius 3 is 2.35 bits per heavy atom. The van der Waals surface area contributed by atoms with Gasteiger partial charge in [0.2, 0.25) is 0 Å². The number of ether oxygens (including phenoxy) is 1. The number of hydrogen-bond donors (Lipinski definition) is 2. The van der Waals surface area contributed by atoms with E-state index in [4.69, 9.17) is 21.1 Å². The Kier molecular flexibility index (Phi) is 8.12. The summed E-state index contributed by atoms with van der Waals surface area (Å²) in [5.74, 6) is 1.88. The average Bonchev–Trinajstić information content (AvgIpc) is 3.80. The van der Waals surface area contributed by atoms with Crippen LogP contribution in [0.3, 0.4) is 0 Å². The predicted octanol–water partition coefficient (Wildman–Crippen LogP) is 8.05. The van der Waals surface area contributed by atoms with Crippen molar-refractivity contribution in [3.8, 4) is 35.2 Å². The van der Waals surface area contributed by atoms with Crippen molar-refractivity contribution in [1.29, 1.82) is 0 Å². The second-order valence-corrected chi connectivity index (χ2v) is 16.4. The van der Waals surface area contributed by atoms with Crippen LogP contribution < -0.4 is 15.0 Å². The van der Waals surface area contributed by atoms with Gasteiger partial charge in [-0.25, -0.2) is 8.78 Å². The summed E-state index contributed by atoms with van der Waals surface area (Å²) in [5.41, 5.74) is 1.57. The van der Waals surface area contributed by atoms with Crippen LogP contribution in [0.15, 0.2) is 30.3 Å². The Morgan fingerprint density at radius 2 is 1.71 bits per heavy atom. The van der Waals surface area contributed by atoms with Crippen molar-refractivity contribution in [2.75, 3.05) is 31.1 Å². The van der Waals surface area contributed by atoms with Crippen molar-refractivity contribution in [3.05, 3.63) is 53.1 Å². The standard InChI is InChI=1S/C42H47F2N5O2/c1-4-31-35(43)14-11-25-17-30(50)18-33(36(25)31)37-32(24(2)3)19-34-39(38(37)44)46-41(47-40(34)48-20-26-12-13-27(21-48)45-26)51-23-42(15-16-42)22-49-28-7-5-8-29(49)10-6-9-28/h1,11,14,17-19,24,26-29,45,50H,5-10,12-13,15-16,20-23H2,2-3H3. The molecule has 2 atom stereocenters. The summed E-state index contributed by atoms with van der Waals surface area (Å²) in [4.78, 5) is 14.9. The van der Waals surface area contributed by atoms with Crippen LogP contribution in [0.25, 0.3) is 32.8 Å². The number of nitrogens with one attached hydrogen (secondary N) is 1. The Hall–Kier alpha value is -4.00. The van der Waals surface area contributed by atoms with Crippen LogP contribution in [0, 0.1) is 29.4 Å². The zero-order valence-electron chi connectivity index (χ0n) is 29.7. The van der Waals surface area contributed by atoms with Gasteiger partial charge >= 0.3 is 6.01 Å². The Bertz CT molecular complexity index is 2040. The molecule has 4 aromatic rings. The molecule has 266 valence electrons. The second kappa shape index (κ2) is 12.6. The number of fused-ring (bicyclic) bond motifs is 6. The third-order valence-corrected chi connectivity index (χ3v) is 12.6. The molecule has 9 heteroatoms. The number of phenols is 1. The number of benzene rings is 3. The molecule has 5 aliphatic rings. The highest BCUT2D eigenvalue weighted by molar-refractivity contribution is 6.05. The summed E-state index contributed by atoms with van der Waals surface area (Å²) < 4.78 is 39.3. The Labute approximate surface area is 298 Å². The largest absolute Gasteiger partial charge is 0.508 e. The molecule has 2 N–H and O–H groups in total. The highest BCUT2D eigenvalue weighted by atomic mass is 19.1. The first kappa shape index (κ1) is 32.9. The van der Waals surface area contributed by atoms with Gasteiger partial charge in [0.05, 0.1) is 12.2 Å². The lowest BCUT2D eigenvalue weighted by atomic mass is 9.83. The maximum absolute atomic E-state index is 17.6. The van der Waals surface area contributed by atoms with E-state index in [1.807, 2.05) is 19.9 Å². The zero-order valence-corrected chi connectivity index (χ0v) is 29.7. The molecule has 5 heterocycles. The minimum absolute atomic E-state index is 0.0352. The normalized spacial score (nSPS) is 25.5. The lowest BCUT2D eigenvalue weighted by Crippen LogP contribution is -2.52. The number of piperazine rings is 1. The van der Waals surface area contributed by atoms with Crippen molar-refractivity contribution in [2.45, 2.75) is 108 Å². The van der Waals surface area contributed by atoms with E-state index >= 15 is 8.78 Å². The number of aromatic nitrogens is 2. The van der Waals surface area contributed by atoms with Crippen LogP contribution in [-0.4, -0.2) is 70.4 Å². The average molecular weight is 692 g/mol. The van der Waals surface area contributed by atoms with Gasteiger partial charge in [0.25, 0.3) is 0 Å². The molecule has 0 spiro atoms. The van der Waals surface area contributed by atoms with Gasteiger partial charge < -0.3 is 20.1 Å². The number of rotatable bonds is 8. The minimum Gasteiger partial charge on any atom is -0.508 e. The number of terminal acetylenes is 1. The van der Waals surface area contributed by atoms with Crippen molar-refractivity contribution in [2.24, 2.45) is 5.41 Å². The number of aromatic hydroxyl groups is 1. The van der Waals surface area contributed by atoms with Gasteiger partial charge in [-0.2, -0.15) is 9.97 Å². The van der Waals surface area contributed by atoms with E-state index in [-0.39, 0.29) is 39.7 Å². The molecule has 0 radical (unpaired) electrons. The van der Waals surface area contributed by atoms with E-state index in [0.29, 0.717) is 63.9 Å². The third-order valence-electron chi connectivity index (χ3n) is 12.6. The first-order valence-electron chi connectivity index (χ1n) is 19.1. The molecule has 2 unspecified atom stereocenters. The number of anilines is 1. The first-order chi connectivity index (χ1) is 24.7. The van der Waals surface area contributed by atoms with E-state index in [2.05, 4.69) is 21.0 Å². The molecule has 3 aromatic carbocycles. The van der Waals surface area contributed by atoms with Gasteiger partial charge in [0.1, 0.15) is 22.9 Å². The number of phenolic OH excluding ortho intramolecular Hbond substituents is 1. The second-order valence-electron chi connectivity index (χ2n) is 16.4. The molecule has 4 aliphatic heterocycles. The molecule has 0 amide bonds. The molecular formula is C42H47F2N5O2. The number of halogens is 2. The van der Waals surface area contributed by atoms with Crippen LogP contribution in [0.5, 0.6) is 11.8 Å². The van der Waals surface area contributed by atoms with E-state index in [0.717, 1.165) is 45.3 Å². The molecule has 9 rings (SSSR count). The lowest BCUT2D eigenvalue weighted by molar-refractivity contribution is 0.0138. The quantitative estimate of drug-likeness (QED) is 0.181. The summed E-state index contributed by atoms with van der Waals surface area (Å²) in [5, 5.41) is 16.1. The molecule has 4 bridgehead atoms. The fourth-order valence-electron chi connectivity index (χ4n) is 9.79. The highest BCUT2D eigenvalue weighted by Crippen LogP contribution is 2.50. The third kappa shape index (κ3) is 5.79. The maximum atomic E-state index is 17.6. The molecule has 1 saturated carbocycles. The monoisotopic (exact) mass is 691 g/mol. The van der Waals surface area contributed by atoms with Crippen molar-refractivity contribution >= 4 is 27.5 Å². The Balaban J connectivity index is 1.17. The van der Waals surface area contributed by atoms with E-state index in [9.17, 15) is 5.11 Å². The first-order valence-corrected chi connectivity index (χ1v) is 19.1. The molecule has 51 heavy (non-hydrogen) atoms. The van der Waals surface area contributed by atoms with Crippen LogP contribution >= 0.6 is 0 Å². The van der Waals surface area contributed by atoms with E-state index in [1.165, 1.54) is 56.7 Å². The van der Waals surface area contributed by atoms with Crippen LogP contribution in [0.1, 0.15) is 95.1 Å². The van der Waals surface area contributed by atoms with Gasteiger partial charge in [-0.05, 0) is 98.1 Å². The summed E-state index contributed by atoms with van der Waals surface area (Å²) in [7, 11) is 0. The summed E-state index contributed by atoms with van der Waals surface area (Å²) in [6, 6.07) is 10.1. The summed E-state index contributed by atoms with van der Waals surface area (Å²) in [6.45, 7) is 7.09. The molecule has 1 aliphatic carbocycles. The maximum Gasteiger partial charge on any atom is 0.319 e. The van der Waals surface area contributed by atoms with Gasteiger partial charge in [0, 0.05) is 65.6 Å². The SMILES string of the molecule is C#Cc1c(F)ccc2cc(O)cc(-c3c(C(C)C)cc4c(N5CC6CCC(C5)N6)nc(OCC5(CN6C7CCCC6CCC7)CC5)nc4c3F)c12. The van der Waals surface area contributed by atoms with Crippen molar-refractivity contribution in [1.82, 2.24) is 20.2 Å². The fraction of sp³-hybridized carbons (Fsp3) is 0.524. The predicted molar refractivity (Wildman–Crippen MR) is 197 cm³/mol. The zero-order chi connectivity index (χ0) is 35.0. The lowest BCUT2D eigenvalue weighted by Gasteiger charge is -2.47. The van der Waals surface area contributed by atoms with Gasteiger partial charge in [0.15, 0.2) is 5.82 Å². The van der Waals surface area contributed by atoms with Crippen LogP contribution in [-0.2, 0) is 0 Å². The number of hydrogen-bond acceptors (Lipinski definition) is 7. The highest BCUT2D eigenvalue weighted by Gasteiger charge is 2.48. The fourth-order valence-corrected chi connectivity index (χ4v) is 9.79. The smallest absolute Gasteiger partial charge is 0.319 e. The van der Waals surface area contributed by atoms with Gasteiger partial charge in [-0.3, -0.25) is 4.90 Å². The Morgan fingerprint density at radius 1 is 1.00 bits per heavy atom. The number of piperidine rings is 2. The molecule has 4 saturated heterocycles. The molecule has 1 aromatic heterocycles. The minimum atomic E-state index is -0.569. The van der Waals surface area contributed by atoms with E-state index < -0.39 is 11.6 Å².